The van der Waals surface area contributed by atoms with Crippen molar-refractivity contribution < 1.29 is 32.3 Å². The number of carbonyl (C=O) groups excluding carboxylic acids is 4. The van der Waals surface area contributed by atoms with E-state index in [0.29, 0.717) is 13.0 Å². The van der Waals surface area contributed by atoms with Gasteiger partial charge in [-0.05, 0) is 35.5 Å². The second-order valence-electron chi connectivity index (χ2n) is 11.4. The third-order valence-electron chi connectivity index (χ3n) is 7.56. The van der Waals surface area contributed by atoms with Crippen molar-refractivity contribution in [3.8, 4) is 6.07 Å². The van der Waals surface area contributed by atoms with Crippen molar-refractivity contribution in [2.75, 3.05) is 13.1 Å². The van der Waals surface area contributed by atoms with Crippen molar-refractivity contribution in [1.82, 2.24) is 20.9 Å². The fourth-order valence-corrected chi connectivity index (χ4v) is 5.40. The lowest BCUT2D eigenvalue weighted by atomic mass is 9.85. The van der Waals surface area contributed by atoms with Crippen molar-refractivity contribution in [1.29, 1.82) is 5.26 Å². The van der Waals surface area contributed by atoms with Gasteiger partial charge in [-0.15, -0.1) is 0 Å². The van der Waals surface area contributed by atoms with E-state index in [9.17, 15) is 37.6 Å². The third kappa shape index (κ3) is 5.23. The summed E-state index contributed by atoms with van der Waals surface area (Å²) in [6, 6.07) is -1.48. The molecule has 2 aliphatic heterocycles. The number of amides is 4. The normalized spacial score (nSPS) is 28.9. The second-order valence-corrected chi connectivity index (χ2v) is 11.4. The number of halogens is 3. The van der Waals surface area contributed by atoms with Crippen LogP contribution in [0.4, 0.5) is 13.2 Å². The fraction of sp³-hybridized carbons (Fsp3) is 0.783. The summed E-state index contributed by atoms with van der Waals surface area (Å²) >= 11 is 0. The number of carbonyl (C=O) groups is 4. The number of nitrogens with zero attached hydrogens (tertiary/aromatic N) is 2. The SMILES string of the molecule is CC(C)(C)C(NC(=O)C(F)(F)F)C(=O)N1C[C@H]2[C@@H]([C@H]1C(=O)NC(C#N)C[C@@H]1CCNC1=O)C2(C)C. The van der Waals surface area contributed by atoms with Gasteiger partial charge in [-0.25, -0.2) is 0 Å². The number of hydrogen-bond acceptors (Lipinski definition) is 5. The molecule has 0 aromatic rings. The highest BCUT2D eigenvalue weighted by Crippen LogP contribution is 2.65. The predicted molar refractivity (Wildman–Crippen MR) is 117 cm³/mol. The molecule has 2 unspecified atom stereocenters. The minimum Gasteiger partial charge on any atom is -0.356 e. The lowest BCUT2D eigenvalue weighted by Crippen LogP contribution is -2.61. The number of alkyl halides is 3. The first kappa shape index (κ1) is 26.8. The molecule has 2 heterocycles. The fourth-order valence-electron chi connectivity index (χ4n) is 5.40. The smallest absolute Gasteiger partial charge is 0.356 e. The van der Waals surface area contributed by atoms with Crippen LogP contribution in [0.15, 0.2) is 0 Å². The molecule has 4 amide bonds. The van der Waals surface area contributed by atoms with E-state index in [-0.39, 0.29) is 36.1 Å². The lowest BCUT2D eigenvalue weighted by Gasteiger charge is -2.37. The molecule has 3 aliphatic rings. The Kier molecular flexibility index (Phi) is 6.87. The number of rotatable bonds is 6. The number of fused-ring (bicyclic) bond motifs is 1. The van der Waals surface area contributed by atoms with Crippen molar-refractivity contribution >= 4 is 23.6 Å². The van der Waals surface area contributed by atoms with E-state index in [0.717, 1.165) is 0 Å². The minimum absolute atomic E-state index is 0.0396. The molecule has 0 aromatic heterocycles. The monoisotopic (exact) mass is 499 g/mol. The summed E-state index contributed by atoms with van der Waals surface area (Å²) < 4.78 is 38.8. The van der Waals surface area contributed by atoms with Crippen LogP contribution in [0.2, 0.25) is 0 Å². The van der Waals surface area contributed by atoms with Crippen LogP contribution in [0.5, 0.6) is 0 Å². The molecule has 3 N–H and O–H groups in total. The zero-order valence-corrected chi connectivity index (χ0v) is 20.5. The molecule has 3 fully saturated rings. The topological polar surface area (TPSA) is 131 Å². The first-order valence-electron chi connectivity index (χ1n) is 11.7. The molecule has 0 bridgehead atoms. The Morgan fingerprint density at radius 1 is 1.23 bits per heavy atom. The molecule has 9 nitrogen and oxygen atoms in total. The maximum Gasteiger partial charge on any atom is 0.471 e. The summed E-state index contributed by atoms with van der Waals surface area (Å²) in [4.78, 5) is 51.6. The van der Waals surface area contributed by atoms with Gasteiger partial charge in [-0.2, -0.15) is 18.4 Å². The van der Waals surface area contributed by atoms with Crippen molar-refractivity contribution in [2.24, 2.45) is 28.6 Å². The Morgan fingerprint density at radius 2 is 1.86 bits per heavy atom. The summed E-state index contributed by atoms with van der Waals surface area (Å²) in [6.45, 7) is 9.13. The Bertz CT molecular complexity index is 952. The Balaban J connectivity index is 1.81. The molecule has 35 heavy (non-hydrogen) atoms. The van der Waals surface area contributed by atoms with Gasteiger partial charge < -0.3 is 20.9 Å². The molecule has 0 aromatic carbocycles. The van der Waals surface area contributed by atoms with Crippen LogP contribution in [0.3, 0.4) is 0 Å². The molecular weight excluding hydrogens is 467 g/mol. The average Bonchev–Trinajstić information content (AvgIpc) is 3.10. The lowest BCUT2D eigenvalue weighted by molar-refractivity contribution is -0.176. The number of hydrogen-bond donors (Lipinski definition) is 3. The highest BCUT2D eigenvalue weighted by Gasteiger charge is 2.70. The molecule has 12 heteroatoms. The number of nitrogens with one attached hydrogen (secondary N) is 3. The van der Waals surface area contributed by atoms with E-state index in [1.165, 1.54) is 25.7 Å². The van der Waals surface area contributed by atoms with Gasteiger partial charge in [0.1, 0.15) is 18.1 Å². The van der Waals surface area contributed by atoms with E-state index >= 15 is 0 Å². The van der Waals surface area contributed by atoms with Gasteiger partial charge in [0.05, 0.1) is 6.07 Å². The Hall–Kier alpha value is -2.84. The zero-order valence-electron chi connectivity index (χ0n) is 20.5. The Morgan fingerprint density at radius 3 is 2.34 bits per heavy atom. The highest BCUT2D eigenvalue weighted by atomic mass is 19.4. The van der Waals surface area contributed by atoms with Gasteiger partial charge in [-0.1, -0.05) is 34.6 Å². The van der Waals surface area contributed by atoms with E-state index in [1.54, 1.807) is 5.32 Å². The van der Waals surface area contributed by atoms with Crippen LogP contribution >= 0.6 is 0 Å². The maximum atomic E-state index is 13.5. The van der Waals surface area contributed by atoms with Gasteiger partial charge >= 0.3 is 12.1 Å². The number of likely N-dealkylation sites (tertiary alicyclic amines) is 1. The van der Waals surface area contributed by atoms with E-state index < -0.39 is 53.4 Å². The highest BCUT2D eigenvalue weighted by molar-refractivity contribution is 5.95. The summed E-state index contributed by atoms with van der Waals surface area (Å²) in [6.07, 6.45) is -4.49. The maximum absolute atomic E-state index is 13.5. The van der Waals surface area contributed by atoms with Crippen molar-refractivity contribution in [2.45, 2.75) is 71.8 Å². The average molecular weight is 500 g/mol. The summed E-state index contributed by atoms with van der Waals surface area (Å²) in [7, 11) is 0. The molecular formula is C23H32F3N5O4. The molecule has 3 rings (SSSR count). The molecule has 1 aliphatic carbocycles. The largest absolute Gasteiger partial charge is 0.471 e. The van der Waals surface area contributed by atoms with Gasteiger partial charge in [0, 0.05) is 19.0 Å². The van der Waals surface area contributed by atoms with E-state index in [4.69, 9.17) is 0 Å². The van der Waals surface area contributed by atoms with Crippen LogP contribution < -0.4 is 16.0 Å². The van der Waals surface area contributed by atoms with Crippen LogP contribution in [-0.2, 0) is 19.2 Å². The first-order chi connectivity index (χ1) is 16.0. The zero-order chi connectivity index (χ0) is 26.5. The van der Waals surface area contributed by atoms with Gasteiger partial charge in [0.2, 0.25) is 17.7 Å². The van der Waals surface area contributed by atoms with E-state index in [1.807, 2.05) is 19.9 Å². The molecule has 0 spiro atoms. The quantitative estimate of drug-likeness (QED) is 0.504. The van der Waals surface area contributed by atoms with Crippen molar-refractivity contribution in [3.05, 3.63) is 0 Å². The number of piperidine rings is 1. The van der Waals surface area contributed by atoms with Gasteiger partial charge in [0.25, 0.3) is 0 Å². The third-order valence-corrected chi connectivity index (χ3v) is 7.56. The standard InChI is InChI=1S/C23H32F3N5O4/c1-21(2,3)16(30-20(35)23(24,25)26)19(34)31-10-13-14(22(13,4)5)15(31)18(33)29-12(9-27)8-11-6-7-28-17(11)32/h11-16H,6-8,10H2,1-5H3,(H,28,32)(H,29,33)(H,30,35)/t11-,12?,13-,14-,15-,16?/m0/s1. The van der Waals surface area contributed by atoms with Crippen LogP contribution in [0.1, 0.15) is 47.5 Å². The van der Waals surface area contributed by atoms with E-state index in [2.05, 4.69) is 10.6 Å². The van der Waals surface area contributed by atoms with Crippen LogP contribution in [-0.4, -0.2) is 65.9 Å². The minimum atomic E-state index is -5.16. The Labute approximate surface area is 202 Å². The molecule has 1 saturated carbocycles. The molecule has 2 saturated heterocycles. The summed E-state index contributed by atoms with van der Waals surface area (Å²) in [5.74, 6) is -4.46. The first-order valence-corrected chi connectivity index (χ1v) is 11.7. The van der Waals surface area contributed by atoms with Crippen LogP contribution in [0.25, 0.3) is 0 Å². The second kappa shape index (κ2) is 8.99. The molecule has 194 valence electrons. The summed E-state index contributed by atoms with van der Waals surface area (Å²) in [5.41, 5.74) is -1.33. The number of nitriles is 1. The van der Waals surface area contributed by atoms with Crippen molar-refractivity contribution in [3.63, 3.8) is 0 Å². The van der Waals surface area contributed by atoms with Gasteiger partial charge in [-0.3, -0.25) is 19.2 Å². The molecule has 6 atom stereocenters. The van der Waals surface area contributed by atoms with Crippen LogP contribution in [0, 0.1) is 39.9 Å². The van der Waals surface area contributed by atoms with Gasteiger partial charge in [0.15, 0.2) is 0 Å². The predicted octanol–water partition coefficient (Wildman–Crippen LogP) is 1.10. The summed E-state index contributed by atoms with van der Waals surface area (Å²) in [5, 5.41) is 16.7. The molecule has 0 radical (unpaired) electrons.